The largest absolute Gasteiger partial charge is 0.464 e. The fourth-order valence-electron chi connectivity index (χ4n) is 2.15. The SMILES string of the molecule is CCCn1ccc(C(=O)Nc2c(C)nn(C)c2C(=O)OC)n1. The van der Waals surface area contributed by atoms with E-state index in [9.17, 15) is 9.59 Å². The Morgan fingerprint density at radius 3 is 2.73 bits per heavy atom. The third-order valence-corrected chi connectivity index (χ3v) is 3.17. The molecule has 1 amide bonds. The number of ether oxygens (including phenoxy) is 1. The monoisotopic (exact) mass is 305 g/mol. The van der Waals surface area contributed by atoms with Gasteiger partial charge in [0.05, 0.1) is 18.5 Å². The van der Waals surface area contributed by atoms with Gasteiger partial charge in [0.25, 0.3) is 5.91 Å². The molecule has 0 unspecified atom stereocenters. The molecule has 2 aromatic heterocycles. The first kappa shape index (κ1) is 15.7. The molecule has 0 bridgehead atoms. The van der Waals surface area contributed by atoms with Gasteiger partial charge >= 0.3 is 5.97 Å². The maximum Gasteiger partial charge on any atom is 0.358 e. The van der Waals surface area contributed by atoms with E-state index in [1.807, 2.05) is 6.92 Å². The summed E-state index contributed by atoms with van der Waals surface area (Å²) in [5.41, 5.74) is 1.35. The third-order valence-electron chi connectivity index (χ3n) is 3.17. The first-order valence-electron chi connectivity index (χ1n) is 6.94. The van der Waals surface area contributed by atoms with E-state index in [0.717, 1.165) is 13.0 Å². The van der Waals surface area contributed by atoms with Gasteiger partial charge in [-0.2, -0.15) is 10.2 Å². The molecule has 2 rings (SSSR count). The molecule has 0 saturated heterocycles. The molecule has 0 aromatic carbocycles. The van der Waals surface area contributed by atoms with Gasteiger partial charge in [-0.05, 0) is 19.4 Å². The third kappa shape index (κ3) is 3.00. The van der Waals surface area contributed by atoms with Gasteiger partial charge in [0, 0.05) is 19.8 Å². The van der Waals surface area contributed by atoms with Crippen molar-refractivity contribution in [2.75, 3.05) is 12.4 Å². The molecular weight excluding hydrogens is 286 g/mol. The van der Waals surface area contributed by atoms with E-state index in [1.165, 1.54) is 11.8 Å². The number of methoxy groups -OCH3 is 1. The van der Waals surface area contributed by atoms with Crippen LogP contribution in [0.25, 0.3) is 0 Å². The van der Waals surface area contributed by atoms with E-state index in [1.54, 1.807) is 30.9 Å². The first-order chi connectivity index (χ1) is 10.5. The molecule has 118 valence electrons. The Bertz CT molecular complexity index is 701. The fraction of sp³-hybridized carbons (Fsp3) is 0.429. The smallest absolute Gasteiger partial charge is 0.358 e. The molecule has 22 heavy (non-hydrogen) atoms. The Labute approximate surface area is 128 Å². The number of aromatic nitrogens is 4. The van der Waals surface area contributed by atoms with Crippen molar-refractivity contribution in [3.8, 4) is 0 Å². The van der Waals surface area contributed by atoms with Gasteiger partial charge < -0.3 is 10.1 Å². The number of rotatable bonds is 5. The summed E-state index contributed by atoms with van der Waals surface area (Å²) < 4.78 is 7.81. The summed E-state index contributed by atoms with van der Waals surface area (Å²) in [5.74, 6) is -0.953. The molecule has 2 aromatic rings. The number of nitrogens with zero attached hydrogens (tertiary/aromatic N) is 4. The van der Waals surface area contributed by atoms with Crippen LogP contribution < -0.4 is 5.32 Å². The van der Waals surface area contributed by atoms with Gasteiger partial charge in [0.1, 0.15) is 0 Å². The van der Waals surface area contributed by atoms with Crippen molar-refractivity contribution < 1.29 is 14.3 Å². The number of anilines is 1. The molecular formula is C14H19N5O3. The summed E-state index contributed by atoms with van der Waals surface area (Å²) >= 11 is 0. The molecule has 0 aliphatic carbocycles. The lowest BCUT2D eigenvalue weighted by Gasteiger charge is -2.06. The Morgan fingerprint density at radius 1 is 1.36 bits per heavy atom. The second kappa shape index (κ2) is 6.42. The Balaban J connectivity index is 2.26. The molecule has 8 heteroatoms. The summed E-state index contributed by atoms with van der Waals surface area (Å²) in [6, 6.07) is 1.63. The molecule has 0 fully saturated rings. The molecule has 0 radical (unpaired) electrons. The molecule has 0 aliphatic rings. The van der Waals surface area contributed by atoms with E-state index in [2.05, 4.69) is 15.5 Å². The van der Waals surface area contributed by atoms with Crippen molar-refractivity contribution in [2.45, 2.75) is 26.8 Å². The van der Waals surface area contributed by atoms with E-state index in [0.29, 0.717) is 11.4 Å². The van der Waals surface area contributed by atoms with Gasteiger partial charge in [-0.15, -0.1) is 0 Å². The molecule has 2 heterocycles. The summed E-state index contributed by atoms with van der Waals surface area (Å²) in [6.07, 6.45) is 2.67. The van der Waals surface area contributed by atoms with Crippen LogP contribution in [0.3, 0.4) is 0 Å². The quantitative estimate of drug-likeness (QED) is 0.843. The van der Waals surface area contributed by atoms with Crippen LogP contribution in [0.5, 0.6) is 0 Å². The Kier molecular flexibility index (Phi) is 4.59. The maximum absolute atomic E-state index is 12.3. The Hall–Kier alpha value is -2.64. The fourth-order valence-corrected chi connectivity index (χ4v) is 2.15. The highest BCUT2D eigenvalue weighted by atomic mass is 16.5. The average Bonchev–Trinajstić information content (AvgIpc) is 3.04. The normalized spacial score (nSPS) is 10.5. The van der Waals surface area contributed by atoms with E-state index in [4.69, 9.17) is 4.74 Å². The molecule has 0 spiro atoms. The van der Waals surface area contributed by atoms with Gasteiger partial charge in [-0.3, -0.25) is 14.2 Å². The number of carbonyl (C=O) groups is 2. The van der Waals surface area contributed by atoms with Crippen molar-refractivity contribution in [3.63, 3.8) is 0 Å². The highest BCUT2D eigenvalue weighted by Gasteiger charge is 2.23. The zero-order valence-electron chi connectivity index (χ0n) is 13.1. The minimum Gasteiger partial charge on any atom is -0.464 e. The zero-order chi connectivity index (χ0) is 16.3. The number of hydrogen-bond donors (Lipinski definition) is 1. The first-order valence-corrected chi connectivity index (χ1v) is 6.94. The van der Waals surface area contributed by atoms with Crippen LogP contribution in [0.15, 0.2) is 12.3 Å². The lowest BCUT2D eigenvalue weighted by Crippen LogP contribution is -2.17. The summed E-state index contributed by atoms with van der Waals surface area (Å²) in [5, 5.41) is 11.0. The Morgan fingerprint density at radius 2 is 2.09 bits per heavy atom. The van der Waals surface area contributed by atoms with Crippen LogP contribution in [0, 0.1) is 6.92 Å². The molecule has 0 atom stereocenters. The van der Waals surface area contributed by atoms with E-state index < -0.39 is 11.9 Å². The van der Waals surface area contributed by atoms with E-state index >= 15 is 0 Å². The van der Waals surface area contributed by atoms with Crippen LogP contribution in [0.4, 0.5) is 5.69 Å². The summed E-state index contributed by atoms with van der Waals surface area (Å²) in [6.45, 7) is 4.48. The number of carbonyl (C=O) groups excluding carboxylic acids is 2. The number of amides is 1. The standard InChI is InChI=1S/C14H19N5O3/c1-5-7-19-8-6-10(17-19)13(20)15-11-9(2)16-18(3)12(11)14(21)22-4/h6,8H,5,7H2,1-4H3,(H,15,20). The lowest BCUT2D eigenvalue weighted by molar-refractivity contribution is 0.0589. The highest BCUT2D eigenvalue weighted by molar-refractivity contribution is 6.07. The number of aryl methyl sites for hydroxylation is 3. The lowest BCUT2D eigenvalue weighted by atomic mass is 10.2. The maximum atomic E-state index is 12.3. The predicted octanol–water partition coefficient (Wildman–Crippen LogP) is 1.37. The van der Waals surface area contributed by atoms with E-state index in [-0.39, 0.29) is 11.4 Å². The van der Waals surface area contributed by atoms with Crippen molar-refractivity contribution in [3.05, 3.63) is 29.3 Å². The van der Waals surface area contributed by atoms with Crippen LogP contribution in [0.2, 0.25) is 0 Å². The molecule has 8 nitrogen and oxygen atoms in total. The van der Waals surface area contributed by atoms with Gasteiger partial charge in [0.2, 0.25) is 0 Å². The second-order valence-electron chi connectivity index (χ2n) is 4.84. The van der Waals surface area contributed by atoms with Crippen molar-refractivity contribution in [2.24, 2.45) is 7.05 Å². The van der Waals surface area contributed by atoms with Crippen molar-refractivity contribution in [1.29, 1.82) is 0 Å². The van der Waals surface area contributed by atoms with Crippen LogP contribution in [-0.2, 0) is 18.3 Å². The second-order valence-corrected chi connectivity index (χ2v) is 4.84. The zero-order valence-corrected chi connectivity index (χ0v) is 13.1. The number of hydrogen-bond acceptors (Lipinski definition) is 5. The van der Waals surface area contributed by atoms with Crippen molar-refractivity contribution in [1.82, 2.24) is 19.6 Å². The van der Waals surface area contributed by atoms with Crippen LogP contribution in [0.1, 0.15) is 40.0 Å². The highest BCUT2D eigenvalue weighted by Crippen LogP contribution is 2.21. The van der Waals surface area contributed by atoms with Gasteiger partial charge in [-0.25, -0.2) is 4.79 Å². The van der Waals surface area contributed by atoms with Crippen LogP contribution in [-0.4, -0.2) is 38.5 Å². The van der Waals surface area contributed by atoms with Gasteiger partial charge in [0.15, 0.2) is 11.4 Å². The number of nitrogens with one attached hydrogen (secondary N) is 1. The van der Waals surface area contributed by atoms with Crippen molar-refractivity contribution >= 4 is 17.6 Å². The summed E-state index contributed by atoms with van der Waals surface area (Å²) in [4.78, 5) is 24.1. The minimum atomic E-state index is -0.560. The topological polar surface area (TPSA) is 91.0 Å². The van der Waals surface area contributed by atoms with Gasteiger partial charge in [-0.1, -0.05) is 6.92 Å². The summed E-state index contributed by atoms with van der Waals surface area (Å²) in [7, 11) is 2.90. The van der Waals surface area contributed by atoms with Crippen LogP contribution >= 0.6 is 0 Å². The molecule has 0 saturated carbocycles. The molecule has 1 N–H and O–H groups in total. The minimum absolute atomic E-state index is 0.196. The average molecular weight is 305 g/mol. The predicted molar refractivity (Wildman–Crippen MR) is 79.8 cm³/mol. The molecule has 0 aliphatic heterocycles. The number of esters is 1.